The molecule has 4 fully saturated rings. The van der Waals surface area contributed by atoms with Crippen molar-refractivity contribution in [3.8, 4) is 0 Å². The summed E-state index contributed by atoms with van der Waals surface area (Å²) in [6.07, 6.45) is 4.36. The number of amides is 1. The largest absolute Gasteiger partial charge is 0.375 e. The molecule has 5 aliphatic heterocycles. The van der Waals surface area contributed by atoms with Crippen LogP contribution >= 0.6 is 0 Å². The van der Waals surface area contributed by atoms with E-state index in [0.717, 1.165) is 31.6 Å². The number of nitrogens with zero attached hydrogens (tertiary/aromatic N) is 2. The second-order valence-electron chi connectivity index (χ2n) is 8.93. The van der Waals surface area contributed by atoms with Crippen molar-refractivity contribution in [3.63, 3.8) is 0 Å². The zero-order valence-electron chi connectivity index (χ0n) is 14.6. The minimum atomic E-state index is -0.854. The smallest absolute Gasteiger partial charge is 0.229 e. The Morgan fingerprint density at radius 3 is 3.08 bits per heavy atom. The minimum absolute atomic E-state index is 0.0155. The van der Waals surface area contributed by atoms with Gasteiger partial charge in [-0.1, -0.05) is 29.8 Å². The van der Waals surface area contributed by atoms with Crippen LogP contribution in [0.4, 0.5) is 5.69 Å². The summed E-state index contributed by atoms with van der Waals surface area (Å²) in [6.45, 7) is 2.34. The lowest BCUT2D eigenvalue weighted by atomic mass is 9.52. The maximum Gasteiger partial charge on any atom is 0.229 e. The van der Waals surface area contributed by atoms with Gasteiger partial charge in [-0.25, -0.2) is 0 Å². The number of carbonyl (C=O) groups is 1. The van der Waals surface area contributed by atoms with Crippen LogP contribution in [-0.2, 0) is 14.9 Å². The van der Waals surface area contributed by atoms with Crippen molar-refractivity contribution in [3.05, 3.63) is 41.5 Å². The monoisotopic (exact) mass is 350 g/mol. The summed E-state index contributed by atoms with van der Waals surface area (Å²) in [5.41, 5.74) is 2.40. The van der Waals surface area contributed by atoms with Gasteiger partial charge in [-0.15, -0.1) is 0 Å². The Labute approximate surface area is 152 Å². The summed E-state index contributed by atoms with van der Waals surface area (Å²) in [4.78, 5) is 17.5. The van der Waals surface area contributed by atoms with Crippen LogP contribution in [0, 0.1) is 11.8 Å². The number of carbonyl (C=O) groups excluding carboxylic acids is 1. The molecule has 0 aromatic heterocycles. The maximum absolute atomic E-state index is 13.2. The van der Waals surface area contributed by atoms with Gasteiger partial charge >= 0.3 is 0 Å². The molecular formula is C21H22N2O3. The molecule has 7 rings (SSSR count). The summed E-state index contributed by atoms with van der Waals surface area (Å²) >= 11 is 0. The van der Waals surface area contributed by atoms with Crippen molar-refractivity contribution in [2.45, 2.75) is 42.5 Å². The second kappa shape index (κ2) is 4.24. The van der Waals surface area contributed by atoms with Crippen molar-refractivity contribution in [2.24, 2.45) is 11.8 Å². The van der Waals surface area contributed by atoms with Gasteiger partial charge in [0.1, 0.15) is 5.72 Å². The zero-order chi connectivity index (χ0) is 17.3. The van der Waals surface area contributed by atoms with Crippen molar-refractivity contribution >= 4 is 11.6 Å². The first-order chi connectivity index (χ1) is 12.6. The third-order valence-corrected chi connectivity index (χ3v) is 8.35. The number of rotatable bonds is 0. The van der Waals surface area contributed by atoms with E-state index in [2.05, 4.69) is 34.1 Å². The number of hydrogen-bond acceptors (Lipinski definition) is 4. The molecule has 1 saturated carbocycles. The molecule has 5 nitrogen and oxygen atoms in total. The van der Waals surface area contributed by atoms with E-state index < -0.39 is 5.72 Å². The van der Waals surface area contributed by atoms with E-state index in [1.165, 1.54) is 11.1 Å². The highest BCUT2D eigenvalue weighted by molar-refractivity contribution is 5.99. The number of piperidine rings is 2. The van der Waals surface area contributed by atoms with Crippen molar-refractivity contribution in [2.75, 3.05) is 24.6 Å². The molecule has 134 valence electrons. The van der Waals surface area contributed by atoms with Crippen LogP contribution in [0.5, 0.6) is 0 Å². The van der Waals surface area contributed by atoms with Crippen molar-refractivity contribution < 1.29 is 14.6 Å². The fourth-order valence-electron chi connectivity index (χ4n) is 7.53. The Kier molecular flexibility index (Phi) is 2.34. The Bertz CT molecular complexity index is 897. The third kappa shape index (κ3) is 1.27. The summed E-state index contributed by atoms with van der Waals surface area (Å²) in [5, 5.41) is 12.1. The van der Waals surface area contributed by atoms with Crippen molar-refractivity contribution in [1.82, 2.24) is 4.90 Å². The van der Waals surface area contributed by atoms with E-state index in [-0.39, 0.29) is 29.4 Å². The van der Waals surface area contributed by atoms with Gasteiger partial charge < -0.3 is 14.7 Å². The molecule has 1 spiro atoms. The summed E-state index contributed by atoms with van der Waals surface area (Å²) < 4.78 is 6.20. The zero-order valence-corrected chi connectivity index (χ0v) is 14.6. The number of fused-ring (bicyclic) bond motifs is 2. The van der Waals surface area contributed by atoms with Crippen LogP contribution in [0.3, 0.4) is 0 Å². The van der Waals surface area contributed by atoms with Crippen LogP contribution in [0.2, 0.25) is 0 Å². The topological polar surface area (TPSA) is 53.0 Å². The number of aliphatic hydroxyl groups is 1. The van der Waals surface area contributed by atoms with Gasteiger partial charge in [0, 0.05) is 24.7 Å². The first kappa shape index (κ1) is 14.4. The molecule has 5 heterocycles. The number of anilines is 1. The fourth-order valence-corrected chi connectivity index (χ4v) is 7.53. The van der Waals surface area contributed by atoms with Gasteiger partial charge in [-0.05, 0) is 30.4 Å². The molecule has 1 aliphatic carbocycles. The average Bonchev–Trinajstić information content (AvgIpc) is 3.05. The molecule has 26 heavy (non-hydrogen) atoms. The quantitative estimate of drug-likeness (QED) is 0.719. The van der Waals surface area contributed by atoms with Gasteiger partial charge in [0.2, 0.25) is 5.91 Å². The van der Waals surface area contributed by atoms with Gasteiger partial charge in [0.15, 0.2) is 0 Å². The second-order valence-corrected chi connectivity index (χ2v) is 8.93. The number of para-hydroxylation sites is 1. The van der Waals surface area contributed by atoms with E-state index in [9.17, 15) is 9.90 Å². The molecule has 1 aromatic rings. The standard InChI is InChI=1S/C21H22N2O3/c24-17-9-16-18-13-10-21(25)20(6-7-22(21)11-12(13)5-8-26-16)14-3-1-2-4-15(14)23(17)19(18)20/h1-5,13,16,18-19,25H,6-11H2/t13-,16+,18+,19+,20+,21+/m0/s1. The lowest BCUT2D eigenvalue weighted by molar-refractivity contribution is -0.197. The van der Waals surface area contributed by atoms with Gasteiger partial charge in [-0.2, -0.15) is 0 Å². The van der Waals surface area contributed by atoms with Gasteiger partial charge in [0.05, 0.1) is 30.6 Å². The van der Waals surface area contributed by atoms with Crippen LogP contribution in [0.25, 0.3) is 0 Å². The molecule has 6 aliphatic rings. The highest BCUT2D eigenvalue weighted by atomic mass is 16.5. The SMILES string of the molecule is O=C1C[C@H]2OCC=C3CN4CC[C@@]56c7ccccc7N1[C@@H]5[C@@H]2[C@H]3C[C@]46O. The molecule has 0 unspecified atom stereocenters. The first-order valence-corrected chi connectivity index (χ1v) is 9.85. The van der Waals surface area contributed by atoms with Gasteiger partial charge in [0.25, 0.3) is 0 Å². The summed E-state index contributed by atoms with van der Waals surface area (Å²) in [6, 6.07) is 8.32. The van der Waals surface area contributed by atoms with E-state index in [1.54, 1.807) is 0 Å². The fraction of sp³-hybridized carbons (Fsp3) is 0.571. The number of benzene rings is 1. The van der Waals surface area contributed by atoms with Gasteiger partial charge in [-0.3, -0.25) is 9.69 Å². The van der Waals surface area contributed by atoms with Crippen LogP contribution < -0.4 is 4.90 Å². The normalized spacial score (nSPS) is 47.5. The molecule has 3 saturated heterocycles. The van der Waals surface area contributed by atoms with E-state index in [0.29, 0.717) is 18.9 Å². The van der Waals surface area contributed by atoms with Crippen LogP contribution in [0.1, 0.15) is 24.8 Å². The molecule has 6 atom stereocenters. The van der Waals surface area contributed by atoms with E-state index >= 15 is 0 Å². The number of ether oxygens (including phenoxy) is 1. The maximum atomic E-state index is 13.2. The molecule has 5 heteroatoms. The van der Waals surface area contributed by atoms with Crippen LogP contribution in [-0.4, -0.2) is 53.5 Å². The van der Waals surface area contributed by atoms with Crippen molar-refractivity contribution in [1.29, 1.82) is 0 Å². The Morgan fingerprint density at radius 2 is 2.15 bits per heavy atom. The summed E-state index contributed by atoms with van der Waals surface area (Å²) in [7, 11) is 0. The highest BCUT2D eigenvalue weighted by Crippen LogP contribution is 2.68. The molecular weight excluding hydrogens is 328 g/mol. The minimum Gasteiger partial charge on any atom is -0.375 e. The molecule has 2 bridgehead atoms. The molecule has 0 radical (unpaired) electrons. The average molecular weight is 350 g/mol. The lowest BCUT2D eigenvalue weighted by Crippen LogP contribution is -2.74. The Balaban J connectivity index is 1.58. The van der Waals surface area contributed by atoms with E-state index in [1.807, 2.05) is 6.07 Å². The molecule has 1 aromatic carbocycles. The van der Waals surface area contributed by atoms with Crippen LogP contribution in [0.15, 0.2) is 35.9 Å². The molecule has 1 N–H and O–H groups in total. The van der Waals surface area contributed by atoms with E-state index in [4.69, 9.17) is 4.74 Å². The number of hydrogen-bond donors (Lipinski definition) is 1. The first-order valence-electron chi connectivity index (χ1n) is 9.85. The lowest BCUT2D eigenvalue weighted by Gasteiger charge is -2.62. The third-order valence-electron chi connectivity index (χ3n) is 8.35. The summed E-state index contributed by atoms with van der Waals surface area (Å²) in [5.74, 6) is 0.769. The predicted molar refractivity (Wildman–Crippen MR) is 94.6 cm³/mol. The molecule has 1 amide bonds. The highest BCUT2D eigenvalue weighted by Gasteiger charge is 2.76. The Hall–Kier alpha value is -1.69. The Morgan fingerprint density at radius 1 is 1.27 bits per heavy atom. The predicted octanol–water partition coefficient (Wildman–Crippen LogP) is 1.41.